The standard InChI is InChI=1S/C26H16O3/c27-25-18(15-28-26-19-6-2-1-5-17(19)10-11-21(25)26)13-16-9-12-24-22(14-16)20-7-3-4-8-23(20)29-24/h1-14H,15H2/b18-13+. The molecule has 6 rings (SSSR count). The Kier molecular flexibility index (Phi) is 3.38. The maximum Gasteiger partial charge on any atom is 0.196 e. The average Bonchev–Trinajstić information content (AvgIpc) is 3.13. The van der Waals surface area contributed by atoms with Crippen LogP contribution in [0.4, 0.5) is 0 Å². The number of rotatable bonds is 1. The minimum absolute atomic E-state index is 0.0224. The number of hydrogen-bond donors (Lipinski definition) is 0. The van der Waals surface area contributed by atoms with Crippen LogP contribution in [0, 0.1) is 0 Å². The maximum atomic E-state index is 13.1. The van der Waals surface area contributed by atoms with Crippen molar-refractivity contribution in [3.8, 4) is 5.75 Å². The Morgan fingerprint density at radius 3 is 2.48 bits per heavy atom. The molecule has 0 atom stereocenters. The third-order valence-corrected chi connectivity index (χ3v) is 5.53. The molecule has 4 aromatic carbocycles. The van der Waals surface area contributed by atoms with Crippen LogP contribution in [0.15, 0.2) is 88.9 Å². The van der Waals surface area contributed by atoms with Gasteiger partial charge in [0.05, 0.1) is 5.56 Å². The largest absolute Gasteiger partial charge is 0.487 e. The number of furan rings is 1. The Morgan fingerprint density at radius 1 is 0.759 bits per heavy atom. The van der Waals surface area contributed by atoms with Crippen molar-refractivity contribution in [1.82, 2.24) is 0 Å². The molecule has 0 spiro atoms. The highest BCUT2D eigenvalue weighted by atomic mass is 16.5. The molecule has 29 heavy (non-hydrogen) atoms. The van der Waals surface area contributed by atoms with E-state index in [0.29, 0.717) is 16.9 Å². The van der Waals surface area contributed by atoms with Gasteiger partial charge < -0.3 is 9.15 Å². The summed E-state index contributed by atoms with van der Waals surface area (Å²) in [6.45, 7) is 0.268. The van der Waals surface area contributed by atoms with E-state index in [0.717, 1.165) is 38.3 Å². The number of hydrogen-bond acceptors (Lipinski definition) is 3. The molecule has 0 N–H and O–H groups in total. The molecule has 0 unspecified atom stereocenters. The normalized spacial score (nSPS) is 15.2. The predicted octanol–water partition coefficient (Wildman–Crippen LogP) is 6.40. The van der Waals surface area contributed by atoms with Crippen LogP contribution < -0.4 is 4.74 Å². The lowest BCUT2D eigenvalue weighted by Crippen LogP contribution is -2.19. The minimum atomic E-state index is 0.0224. The fourth-order valence-electron chi connectivity index (χ4n) is 4.11. The molecule has 2 heterocycles. The van der Waals surface area contributed by atoms with Crippen molar-refractivity contribution in [2.75, 3.05) is 6.61 Å². The van der Waals surface area contributed by atoms with Crippen LogP contribution >= 0.6 is 0 Å². The van der Waals surface area contributed by atoms with Gasteiger partial charge in [-0.1, -0.05) is 54.6 Å². The Bertz CT molecular complexity index is 1470. The molecule has 1 aliphatic heterocycles. The lowest BCUT2D eigenvalue weighted by Gasteiger charge is -2.20. The lowest BCUT2D eigenvalue weighted by molar-refractivity contribution is 0.100. The zero-order valence-corrected chi connectivity index (χ0v) is 15.5. The van der Waals surface area contributed by atoms with Crippen LogP contribution in [0.2, 0.25) is 0 Å². The molecule has 0 bridgehead atoms. The van der Waals surface area contributed by atoms with E-state index in [1.165, 1.54) is 0 Å². The van der Waals surface area contributed by atoms with Gasteiger partial charge in [-0.15, -0.1) is 0 Å². The van der Waals surface area contributed by atoms with Gasteiger partial charge in [-0.05, 0) is 41.3 Å². The second-order valence-corrected chi connectivity index (χ2v) is 7.30. The van der Waals surface area contributed by atoms with Crippen molar-refractivity contribution in [2.45, 2.75) is 0 Å². The van der Waals surface area contributed by atoms with Crippen molar-refractivity contribution in [2.24, 2.45) is 0 Å². The maximum absolute atomic E-state index is 13.1. The van der Waals surface area contributed by atoms with Crippen LogP contribution in [-0.4, -0.2) is 12.4 Å². The SMILES string of the molecule is O=C1/C(=C/c2ccc3oc4ccccc4c3c2)COc2c1ccc1ccccc21. The van der Waals surface area contributed by atoms with Crippen molar-refractivity contribution in [1.29, 1.82) is 0 Å². The third kappa shape index (κ3) is 2.48. The molecule has 0 saturated carbocycles. The molecule has 1 aliphatic rings. The Morgan fingerprint density at radius 2 is 1.55 bits per heavy atom. The monoisotopic (exact) mass is 376 g/mol. The smallest absolute Gasteiger partial charge is 0.196 e. The highest BCUT2D eigenvalue weighted by Crippen LogP contribution is 2.35. The third-order valence-electron chi connectivity index (χ3n) is 5.53. The highest BCUT2D eigenvalue weighted by molar-refractivity contribution is 6.17. The highest BCUT2D eigenvalue weighted by Gasteiger charge is 2.25. The van der Waals surface area contributed by atoms with Crippen LogP contribution in [-0.2, 0) is 0 Å². The number of para-hydroxylation sites is 1. The van der Waals surface area contributed by atoms with E-state index >= 15 is 0 Å². The summed E-state index contributed by atoms with van der Waals surface area (Å²) in [4.78, 5) is 13.1. The van der Waals surface area contributed by atoms with Crippen molar-refractivity contribution >= 4 is 44.6 Å². The quantitative estimate of drug-likeness (QED) is 0.318. The van der Waals surface area contributed by atoms with Crippen LogP contribution in [0.5, 0.6) is 5.75 Å². The average molecular weight is 376 g/mol. The van der Waals surface area contributed by atoms with Gasteiger partial charge in [-0.2, -0.15) is 0 Å². The summed E-state index contributed by atoms with van der Waals surface area (Å²) in [5.41, 5.74) is 3.94. The summed E-state index contributed by atoms with van der Waals surface area (Å²) in [7, 11) is 0. The molecule has 0 amide bonds. The second-order valence-electron chi connectivity index (χ2n) is 7.30. The Hall–Kier alpha value is -3.85. The van der Waals surface area contributed by atoms with E-state index in [2.05, 4.69) is 6.07 Å². The van der Waals surface area contributed by atoms with Gasteiger partial charge in [0, 0.05) is 21.7 Å². The van der Waals surface area contributed by atoms with Crippen molar-refractivity contribution < 1.29 is 13.9 Å². The van der Waals surface area contributed by atoms with Crippen molar-refractivity contribution in [3.05, 3.63) is 95.6 Å². The van der Waals surface area contributed by atoms with Gasteiger partial charge in [0.2, 0.25) is 0 Å². The molecule has 3 heteroatoms. The van der Waals surface area contributed by atoms with E-state index < -0.39 is 0 Å². The number of Topliss-reactive ketones (excluding diaryl/α,β-unsaturated/α-hetero) is 1. The summed E-state index contributed by atoms with van der Waals surface area (Å²) in [5.74, 6) is 0.704. The first kappa shape index (κ1) is 16.1. The van der Waals surface area contributed by atoms with Crippen LogP contribution in [0.3, 0.4) is 0 Å². The van der Waals surface area contributed by atoms with Crippen LogP contribution in [0.25, 0.3) is 38.8 Å². The molecule has 138 valence electrons. The summed E-state index contributed by atoms with van der Waals surface area (Å²) in [6, 6.07) is 25.8. The molecule has 0 saturated heterocycles. The van der Waals surface area contributed by atoms with E-state index in [4.69, 9.17) is 9.15 Å². The summed E-state index contributed by atoms with van der Waals surface area (Å²) in [5, 5.41) is 4.17. The fourth-order valence-corrected chi connectivity index (χ4v) is 4.11. The van der Waals surface area contributed by atoms with Gasteiger partial charge in [-0.3, -0.25) is 4.79 Å². The summed E-state index contributed by atoms with van der Waals surface area (Å²) >= 11 is 0. The summed E-state index contributed by atoms with van der Waals surface area (Å²) < 4.78 is 11.9. The molecule has 5 aromatic rings. The molecular weight excluding hydrogens is 360 g/mol. The molecule has 0 aliphatic carbocycles. The molecule has 0 radical (unpaired) electrons. The second kappa shape index (κ2) is 6.08. The first-order valence-electron chi connectivity index (χ1n) is 9.59. The van der Waals surface area contributed by atoms with Gasteiger partial charge in [-0.25, -0.2) is 0 Å². The summed E-state index contributed by atoms with van der Waals surface area (Å²) in [6.07, 6.45) is 1.92. The van der Waals surface area contributed by atoms with Crippen LogP contribution in [0.1, 0.15) is 15.9 Å². The zero-order chi connectivity index (χ0) is 19.4. The van der Waals surface area contributed by atoms with Crippen molar-refractivity contribution in [3.63, 3.8) is 0 Å². The van der Waals surface area contributed by atoms with E-state index in [9.17, 15) is 4.79 Å². The lowest BCUT2D eigenvalue weighted by atomic mass is 9.95. The number of ether oxygens (including phenoxy) is 1. The fraction of sp³-hybridized carbons (Fsp3) is 0.0385. The zero-order valence-electron chi connectivity index (χ0n) is 15.5. The van der Waals surface area contributed by atoms with E-state index in [1.807, 2.05) is 78.9 Å². The van der Waals surface area contributed by atoms with Gasteiger partial charge >= 0.3 is 0 Å². The number of ketones is 1. The number of benzene rings is 4. The predicted molar refractivity (Wildman–Crippen MR) is 115 cm³/mol. The molecule has 0 fully saturated rings. The Labute approximate surface area is 166 Å². The molecule has 3 nitrogen and oxygen atoms in total. The molecular formula is C26H16O3. The van der Waals surface area contributed by atoms with E-state index in [-0.39, 0.29) is 12.4 Å². The van der Waals surface area contributed by atoms with Gasteiger partial charge in [0.25, 0.3) is 0 Å². The number of fused-ring (bicyclic) bond motifs is 6. The van der Waals surface area contributed by atoms with Gasteiger partial charge in [0.15, 0.2) is 5.78 Å². The number of carbonyl (C=O) groups is 1. The first-order chi connectivity index (χ1) is 14.3. The topological polar surface area (TPSA) is 39.4 Å². The Balaban J connectivity index is 1.45. The van der Waals surface area contributed by atoms with Gasteiger partial charge in [0.1, 0.15) is 23.5 Å². The molecule has 1 aromatic heterocycles. The minimum Gasteiger partial charge on any atom is -0.487 e. The number of carbonyl (C=O) groups excluding carboxylic acids is 1. The first-order valence-corrected chi connectivity index (χ1v) is 9.59. The van der Waals surface area contributed by atoms with E-state index in [1.54, 1.807) is 0 Å².